The number of nitrogens with one attached hydrogen (secondary N) is 1. The van der Waals surface area contributed by atoms with Crippen LogP contribution in [0.1, 0.15) is 32.1 Å². The zero-order valence-electron chi connectivity index (χ0n) is 24.4. The summed E-state index contributed by atoms with van der Waals surface area (Å²) < 4.78 is 13.2. The van der Waals surface area contributed by atoms with Crippen molar-refractivity contribution < 1.29 is 19.1 Å². The maximum Gasteiger partial charge on any atom is 0.344 e. The number of carbonyl (C=O) groups excluding carboxylic acids is 2. The molecule has 0 spiro atoms. The van der Waals surface area contributed by atoms with Gasteiger partial charge in [0.25, 0.3) is 11.8 Å². The highest BCUT2D eigenvalue weighted by Gasteiger charge is 2.24. The van der Waals surface area contributed by atoms with Crippen LogP contribution in [-0.4, -0.2) is 52.3 Å². The van der Waals surface area contributed by atoms with Crippen LogP contribution in [0.2, 0.25) is 0 Å². The van der Waals surface area contributed by atoms with E-state index in [1.807, 2.05) is 60.0 Å². The Hall–Kier alpha value is -6.56. The van der Waals surface area contributed by atoms with Crippen molar-refractivity contribution in [2.24, 2.45) is 0 Å². The number of hydrogen-bond acceptors (Lipinski definition) is 10. The molecule has 12 nitrogen and oxygen atoms in total. The minimum atomic E-state index is -0.616. The summed E-state index contributed by atoms with van der Waals surface area (Å²) in [6, 6.07) is 33.0. The quantitative estimate of drug-likeness (QED) is 0.220. The van der Waals surface area contributed by atoms with Gasteiger partial charge < -0.3 is 14.0 Å². The first-order valence-corrected chi connectivity index (χ1v) is 14.3. The third kappa shape index (κ3) is 5.57. The molecule has 0 saturated heterocycles. The summed E-state index contributed by atoms with van der Waals surface area (Å²) in [4.78, 5) is 30.6. The SMILES string of the molecule is Cc1nc2c(OC(=O)c3ccccc3)nnc(OC(=O)c3ccccc3)c2n1Cc1ccc(-c2ccccc2-c2nnn[nH]2)cc1. The van der Waals surface area contributed by atoms with Gasteiger partial charge in [-0.05, 0) is 58.3 Å². The smallest absolute Gasteiger partial charge is 0.344 e. The fraction of sp³-hybridized carbons (Fsp3) is 0.0588. The minimum Gasteiger partial charge on any atom is -0.400 e. The number of imidazole rings is 1. The van der Waals surface area contributed by atoms with Crippen LogP contribution in [0.5, 0.6) is 11.8 Å². The fourth-order valence-corrected chi connectivity index (χ4v) is 5.08. The van der Waals surface area contributed by atoms with Crippen molar-refractivity contribution in [3.05, 3.63) is 132 Å². The number of ether oxygens (including phenoxy) is 2. The van der Waals surface area contributed by atoms with Crippen LogP contribution in [0.3, 0.4) is 0 Å². The maximum atomic E-state index is 13.0. The summed E-state index contributed by atoms with van der Waals surface area (Å²) in [5, 5.41) is 22.6. The van der Waals surface area contributed by atoms with Gasteiger partial charge in [0, 0.05) is 12.1 Å². The number of benzene rings is 4. The molecule has 3 aromatic heterocycles. The van der Waals surface area contributed by atoms with Gasteiger partial charge in [0.15, 0.2) is 11.3 Å². The second-order valence-electron chi connectivity index (χ2n) is 10.3. The van der Waals surface area contributed by atoms with Crippen LogP contribution in [0, 0.1) is 6.92 Å². The molecule has 12 heteroatoms. The number of aromatic amines is 1. The van der Waals surface area contributed by atoms with E-state index >= 15 is 0 Å². The van der Waals surface area contributed by atoms with Gasteiger partial charge in [-0.25, -0.2) is 19.7 Å². The van der Waals surface area contributed by atoms with Crippen LogP contribution in [0.15, 0.2) is 109 Å². The summed E-state index contributed by atoms with van der Waals surface area (Å²) in [7, 11) is 0. The van der Waals surface area contributed by atoms with Gasteiger partial charge in [0.2, 0.25) is 0 Å². The molecule has 224 valence electrons. The summed E-state index contributed by atoms with van der Waals surface area (Å²) in [6.07, 6.45) is 0. The Labute approximate surface area is 261 Å². The molecular weight excluding hydrogens is 584 g/mol. The highest BCUT2D eigenvalue weighted by molar-refractivity contribution is 5.96. The normalized spacial score (nSPS) is 11.0. The van der Waals surface area contributed by atoms with E-state index in [-0.39, 0.29) is 17.3 Å². The molecule has 0 aliphatic carbocycles. The number of H-pyrrole nitrogens is 1. The molecule has 0 fully saturated rings. The molecule has 7 rings (SSSR count). The molecule has 0 aliphatic rings. The number of nitrogens with zero attached hydrogens (tertiary/aromatic N) is 7. The standard InChI is InChI=1S/C34H24N8O4/c1-21-35-28-29(42(21)20-22-16-18-23(19-17-22)26-14-8-9-15-27(26)30-36-40-41-37-30)32(46-34(44)25-12-6-3-7-13-25)39-38-31(28)45-33(43)24-10-4-2-5-11-24/h2-19H,20H2,1H3,(H,36,37,40,41). The van der Waals surface area contributed by atoms with E-state index in [9.17, 15) is 9.59 Å². The predicted octanol–water partition coefficient (Wildman–Crippen LogP) is 5.47. The summed E-state index contributed by atoms with van der Waals surface area (Å²) >= 11 is 0. The third-order valence-corrected chi connectivity index (χ3v) is 7.33. The number of tetrazole rings is 1. The number of aryl methyl sites for hydroxylation is 1. The van der Waals surface area contributed by atoms with Crippen molar-refractivity contribution >= 4 is 23.0 Å². The molecule has 0 aliphatic heterocycles. The van der Waals surface area contributed by atoms with E-state index in [1.54, 1.807) is 60.7 Å². The second kappa shape index (κ2) is 12.2. The van der Waals surface area contributed by atoms with E-state index in [2.05, 4.69) is 35.8 Å². The molecule has 0 amide bonds. The second-order valence-corrected chi connectivity index (χ2v) is 10.3. The molecule has 0 atom stereocenters. The highest BCUT2D eigenvalue weighted by atomic mass is 16.6. The highest BCUT2D eigenvalue weighted by Crippen LogP contribution is 2.33. The molecular formula is C34H24N8O4. The minimum absolute atomic E-state index is 0.0600. The Morgan fingerprint density at radius 3 is 1.91 bits per heavy atom. The van der Waals surface area contributed by atoms with Crippen molar-refractivity contribution in [1.82, 2.24) is 40.4 Å². The van der Waals surface area contributed by atoms with Gasteiger partial charge in [0.1, 0.15) is 11.3 Å². The van der Waals surface area contributed by atoms with Gasteiger partial charge >= 0.3 is 11.9 Å². The van der Waals surface area contributed by atoms with Crippen LogP contribution >= 0.6 is 0 Å². The Morgan fingerprint density at radius 2 is 1.28 bits per heavy atom. The molecule has 0 radical (unpaired) electrons. The van der Waals surface area contributed by atoms with E-state index < -0.39 is 11.9 Å². The average Bonchev–Trinajstić information content (AvgIpc) is 3.76. The first-order chi connectivity index (χ1) is 22.5. The molecule has 7 aromatic rings. The number of esters is 2. The average molecular weight is 609 g/mol. The van der Waals surface area contributed by atoms with Gasteiger partial charge in [-0.2, -0.15) is 0 Å². The van der Waals surface area contributed by atoms with E-state index in [4.69, 9.17) is 9.47 Å². The number of carbonyl (C=O) groups is 2. The Morgan fingerprint density at radius 1 is 0.696 bits per heavy atom. The van der Waals surface area contributed by atoms with E-state index in [0.29, 0.717) is 34.8 Å². The van der Waals surface area contributed by atoms with Gasteiger partial charge in [-0.1, -0.05) is 84.9 Å². The van der Waals surface area contributed by atoms with Crippen molar-refractivity contribution in [1.29, 1.82) is 0 Å². The van der Waals surface area contributed by atoms with Crippen molar-refractivity contribution in [2.45, 2.75) is 13.5 Å². The largest absolute Gasteiger partial charge is 0.400 e. The molecule has 46 heavy (non-hydrogen) atoms. The molecule has 0 unspecified atom stereocenters. The van der Waals surface area contributed by atoms with Crippen molar-refractivity contribution in [2.75, 3.05) is 0 Å². The molecule has 3 heterocycles. The lowest BCUT2D eigenvalue weighted by Gasteiger charge is -2.12. The van der Waals surface area contributed by atoms with Gasteiger partial charge in [-0.15, -0.1) is 15.3 Å². The van der Waals surface area contributed by atoms with Crippen LogP contribution in [0.4, 0.5) is 0 Å². The fourth-order valence-electron chi connectivity index (χ4n) is 5.08. The lowest BCUT2D eigenvalue weighted by molar-refractivity contribution is 0.0708. The maximum absolute atomic E-state index is 13.0. The zero-order chi connectivity index (χ0) is 31.5. The Bertz CT molecular complexity index is 2170. The van der Waals surface area contributed by atoms with Crippen LogP contribution in [-0.2, 0) is 6.54 Å². The number of rotatable bonds is 8. The molecule has 4 aromatic carbocycles. The topological polar surface area (TPSA) is 151 Å². The summed E-state index contributed by atoms with van der Waals surface area (Å²) in [5.41, 5.74) is 5.03. The van der Waals surface area contributed by atoms with Crippen molar-refractivity contribution in [3.8, 4) is 34.3 Å². The van der Waals surface area contributed by atoms with E-state index in [0.717, 1.165) is 22.3 Å². The van der Waals surface area contributed by atoms with Crippen LogP contribution < -0.4 is 9.47 Å². The summed E-state index contributed by atoms with van der Waals surface area (Å²) in [5.74, 6) is -0.238. The third-order valence-electron chi connectivity index (χ3n) is 7.33. The van der Waals surface area contributed by atoms with Gasteiger partial charge in [0.05, 0.1) is 11.1 Å². The lowest BCUT2D eigenvalue weighted by atomic mass is 9.98. The zero-order valence-corrected chi connectivity index (χ0v) is 24.4. The molecule has 0 saturated carbocycles. The lowest BCUT2D eigenvalue weighted by Crippen LogP contribution is -2.14. The number of aromatic nitrogens is 8. The molecule has 0 bridgehead atoms. The van der Waals surface area contributed by atoms with Crippen LogP contribution in [0.25, 0.3) is 33.5 Å². The van der Waals surface area contributed by atoms with Crippen molar-refractivity contribution in [3.63, 3.8) is 0 Å². The van der Waals surface area contributed by atoms with Gasteiger partial charge in [-0.3, -0.25) is 0 Å². The first kappa shape index (κ1) is 28.2. The number of hydrogen-bond donors (Lipinski definition) is 1. The Kier molecular flexibility index (Phi) is 7.49. The number of fused-ring (bicyclic) bond motifs is 1. The molecule has 1 N–H and O–H groups in total. The predicted molar refractivity (Wildman–Crippen MR) is 167 cm³/mol. The van der Waals surface area contributed by atoms with E-state index in [1.165, 1.54) is 0 Å². The first-order valence-electron chi connectivity index (χ1n) is 14.3. The summed E-state index contributed by atoms with van der Waals surface area (Å²) in [6.45, 7) is 2.16. The Balaban J connectivity index is 1.25. The monoisotopic (exact) mass is 608 g/mol.